The van der Waals surface area contributed by atoms with Crippen LogP contribution in [0.4, 0.5) is 0 Å². The molecule has 0 aromatic heterocycles. The molecule has 17 heavy (non-hydrogen) atoms. The molecule has 2 unspecified atom stereocenters. The van der Waals surface area contributed by atoms with E-state index in [0.29, 0.717) is 0 Å². The normalized spacial score (nSPS) is 29.5. The van der Waals surface area contributed by atoms with Crippen LogP contribution in [0.2, 0.25) is 0 Å². The summed E-state index contributed by atoms with van der Waals surface area (Å²) < 4.78 is 5.02. The molecule has 0 aromatic carbocycles. The standard InChI is InChI=1S/C14H28N2O/c1-17-12-9-15-8-4-11-16-10-3-6-13-5-2-7-14(13)16/h13-15H,2-12H2,1H3. The van der Waals surface area contributed by atoms with E-state index in [4.69, 9.17) is 4.74 Å². The summed E-state index contributed by atoms with van der Waals surface area (Å²) in [7, 11) is 1.76. The summed E-state index contributed by atoms with van der Waals surface area (Å²) >= 11 is 0. The summed E-state index contributed by atoms with van der Waals surface area (Å²) in [6.07, 6.45) is 8.63. The van der Waals surface area contributed by atoms with Gasteiger partial charge in [0.05, 0.1) is 6.61 Å². The van der Waals surface area contributed by atoms with Gasteiger partial charge < -0.3 is 15.0 Å². The van der Waals surface area contributed by atoms with Crippen LogP contribution in [0.5, 0.6) is 0 Å². The molecule has 3 heteroatoms. The molecule has 1 saturated carbocycles. The van der Waals surface area contributed by atoms with Crippen LogP contribution >= 0.6 is 0 Å². The van der Waals surface area contributed by atoms with Crippen molar-refractivity contribution < 1.29 is 4.74 Å². The van der Waals surface area contributed by atoms with Crippen molar-refractivity contribution in [3.8, 4) is 0 Å². The SMILES string of the molecule is COCCNCCCN1CCCC2CCCC21. The van der Waals surface area contributed by atoms with Gasteiger partial charge in [0, 0.05) is 19.7 Å². The molecule has 1 N–H and O–H groups in total. The molecule has 2 aliphatic rings. The van der Waals surface area contributed by atoms with Crippen LogP contribution in [0.3, 0.4) is 0 Å². The van der Waals surface area contributed by atoms with Gasteiger partial charge in [-0.1, -0.05) is 6.42 Å². The third-order valence-corrected chi connectivity index (χ3v) is 4.39. The minimum absolute atomic E-state index is 0.828. The number of fused-ring (bicyclic) bond motifs is 1. The molecule has 1 heterocycles. The van der Waals surface area contributed by atoms with Gasteiger partial charge in [-0.3, -0.25) is 0 Å². The van der Waals surface area contributed by atoms with E-state index in [9.17, 15) is 0 Å². The Kier molecular flexibility index (Phi) is 5.75. The van der Waals surface area contributed by atoms with Crippen molar-refractivity contribution in [2.75, 3.05) is 39.9 Å². The van der Waals surface area contributed by atoms with Crippen LogP contribution < -0.4 is 5.32 Å². The predicted octanol–water partition coefficient (Wildman–Crippen LogP) is 1.88. The maximum Gasteiger partial charge on any atom is 0.0587 e. The Morgan fingerprint density at radius 3 is 2.94 bits per heavy atom. The van der Waals surface area contributed by atoms with Crippen LogP contribution in [-0.4, -0.2) is 50.8 Å². The second-order valence-electron chi connectivity index (χ2n) is 5.53. The lowest BCUT2D eigenvalue weighted by Gasteiger charge is -2.37. The fraction of sp³-hybridized carbons (Fsp3) is 1.00. The lowest BCUT2D eigenvalue weighted by molar-refractivity contribution is 0.111. The predicted molar refractivity (Wildman–Crippen MR) is 71.3 cm³/mol. The number of nitrogens with one attached hydrogen (secondary N) is 1. The smallest absolute Gasteiger partial charge is 0.0587 e. The van der Waals surface area contributed by atoms with Gasteiger partial charge in [0.15, 0.2) is 0 Å². The first-order chi connectivity index (χ1) is 8.42. The maximum absolute atomic E-state index is 5.02. The molecular weight excluding hydrogens is 212 g/mol. The lowest BCUT2D eigenvalue weighted by atomic mass is 9.92. The largest absolute Gasteiger partial charge is 0.383 e. The van der Waals surface area contributed by atoms with Crippen molar-refractivity contribution in [2.24, 2.45) is 5.92 Å². The van der Waals surface area contributed by atoms with E-state index in [0.717, 1.165) is 31.7 Å². The molecule has 3 nitrogen and oxygen atoms in total. The number of methoxy groups -OCH3 is 1. The number of hydrogen-bond donors (Lipinski definition) is 1. The number of rotatable bonds is 7. The van der Waals surface area contributed by atoms with Crippen molar-refractivity contribution in [3.05, 3.63) is 0 Å². The molecule has 2 rings (SSSR count). The highest BCUT2D eigenvalue weighted by molar-refractivity contribution is 4.88. The summed E-state index contributed by atoms with van der Waals surface area (Å²) in [4.78, 5) is 2.76. The maximum atomic E-state index is 5.02. The summed E-state index contributed by atoms with van der Waals surface area (Å²) in [5.41, 5.74) is 0. The van der Waals surface area contributed by atoms with Crippen molar-refractivity contribution in [1.82, 2.24) is 10.2 Å². The summed E-state index contributed by atoms with van der Waals surface area (Å²) in [5.74, 6) is 1.03. The molecule has 0 amide bonds. The summed E-state index contributed by atoms with van der Waals surface area (Å²) in [6, 6.07) is 0.933. The van der Waals surface area contributed by atoms with Crippen molar-refractivity contribution >= 4 is 0 Å². The van der Waals surface area contributed by atoms with Gasteiger partial charge in [0.25, 0.3) is 0 Å². The Morgan fingerprint density at radius 2 is 2.06 bits per heavy atom. The van der Waals surface area contributed by atoms with Gasteiger partial charge in [-0.2, -0.15) is 0 Å². The minimum Gasteiger partial charge on any atom is -0.383 e. The Balaban J connectivity index is 1.58. The monoisotopic (exact) mass is 240 g/mol. The molecule has 0 radical (unpaired) electrons. The van der Waals surface area contributed by atoms with E-state index in [2.05, 4.69) is 10.2 Å². The van der Waals surface area contributed by atoms with E-state index in [-0.39, 0.29) is 0 Å². The average Bonchev–Trinajstić information content (AvgIpc) is 2.82. The lowest BCUT2D eigenvalue weighted by Crippen LogP contribution is -2.43. The van der Waals surface area contributed by atoms with E-state index < -0.39 is 0 Å². The molecule has 1 aliphatic carbocycles. The van der Waals surface area contributed by atoms with Crippen LogP contribution in [0.25, 0.3) is 0 Å². The van der Waals surface area contributed by atoms with Crippen LogP contribution in [0.1, 0.15) is 38.5 Å². The van der Waals surface area contributed by atoms with Crippen molar-refractivity contribution in [2.45, 2.75) is 44.6 Å². The molecular formula is C14H28N2O. The molecule has 100 valence electrons. The first kappa shape index (κ1) is 13.3. The zero-order valence-electron chi connectivity index (χ0n) is 11.3. The number of ether oxygens (including phenoxy) is 1. The molecule has 0 aromatic rings. The third-order valence-electron chi connectivity index (χ3n) is 4.39. The Morgan fingerprint density at radius 1 is 1.18 bits per heavy atom. The summed E-state index contributed by atoms with van der Waals surface area (Å²) in [5, 5.41) is 3.43. The molecule has 2 fully saturated rings. The molecule has 1 aliphatic heterocycles. The number of likely N-dealkylation sites (tertiary alicyclic amines) is 1. The topological polar surface area (TPSA) is 24.5 Å². The van der Waals surface area contributed by atoms with Gasteiger partial charge in [0.2, 0.25) is 0 Å². The first-order valence-electron chi connectivity index (χ1n) is 7.35. The fourth-order valence-electron chi connectivity index (χ4n) is 3.54. The highest BCUT2D eigenvalue weighted by Gasteiger charge is 2.34. The van der Waals surface area contributed by atoms with Gasteiger partial charge in [-0.05, 0) is 57.7 Å². The van der Waals surface area contributed by atoms with E-state index in [1.807, 2.05) is 0 Å². The fourth-order valence-corrected chi connectivity index (χ4v) is 3.54. The van der Waals surface area contributed by atoms with Gasteiger partial charge in [-0.15, -0.1) is 0 Å². The second kappa shape index (κ2) is 7.34. The number of piperidine rings is 1. The van der Waals surface area contributed by atoms with Gasteiger partial charge in [-0.25, -0.2) is 0 Å². The van der Waals surface area contributed by atoms with E-state index in [1.54, 1.807) is 7.11 Å². The summed E-state index contributed by atoms with van der Waals surface area (Å²) in [6.45, 7) is 5.59. The van der Waals surface area contributed by atoms with Gasteiger partial charge >= 0.3 is 0 Å². The first-order valence-corrected chi connectivity index (χ1v) is 7.35. The van der Waals surface area contributed by atoms with Gasteiger partial charge in [0.1, 0.15) is 0 Å². The second-order valence-corrected chi connectivity index (χ2v) is 5.53. The molecule has 0 bridgehead atoms. The van der Waals surface area contributed by atoms with E-state index >= 15 is 0 Å². The van der Waals surface area contributed by atoms with Crippen LogP contribution in [-0.2, 0) is 4.74 Å². The Labute approximate surface area is 106 Å². The van der Waals surface area contributed by atoms with Crippen molar-refractivity contribution in [3.63, 3.8) is 0 Å². The Hall–Kier alpha value is -0.120. The quantitative estimate of drug-likeness (QED) is 0.688. The average molecular weight is 240 g/mol. The molecule has 0 spiro atoms. The molecule has 2 atom stereocenters. The van der Waals surface area contributed by atoms with Crippen LogP contribution in [0.15, 0.2) is 0 Å². The zero-order chi connectivity index (χ0) is 11.9. The number of nitrogens with zero attached hydrogens (tertiary/aromatic N) is 1. The number of hydrogen-bond acceptors (Lipinski definition) is 3. The highest BCUT2D eigenvalue weighted by Crippen LogP contribution is 2.36. The zero-order valence-corrected chi connectivity index (χ0v) is 11.3. The third kappa shape index (κ3) is 3.94. The highest BCUT2D eigenvalue weighted by atomic mass is 16.5. The van der Waals surface area contributed by atoms with E-state index in [1.165, 1.54) is 51.6 Å². The Bertz CT molecular complexity index is 210. The molecule has 1 saturated heterocycles. The van der Waals surface area contributed by atoms with Crippen LogP contribution in [0, 0.1) is 5.92 Å². The van der Waals surface area contributed by atoms with Crippen molar-refractivity contribution in [1.29, 1.82) is 0 Å². The minimum atomic E-state index is 0.828.